The van der Waals surface area contributed by atoms with E-state index in [1.807, 2.05) is 42.6 Å². The Bertz CT molecular complexity index is 624. The molecule has 1 N–H and O–H groups in total. The van der Waals surface area contributed by atoms with Gasteiger partial charge in [-0.15, -0.1) is 0 Å². The van der Waals surface area contributed by atoms with Crippen molar-refractivity contribution in [3.05, 3.63) is 54.4 Å². The molecule has 2 heterocycles. The molecule has 6 heteroatoms. The zero-order valence-corrected chi connectivity index (χ0v) is 11.5. The first kappa shape index (κ1) is 13.4. The van der Waals surface area contributed by atoms with Crippen LogP contribution in [0.25, 0.3) is 0 Å². The molecule has 1 aliphatic heterocycles. The number of carbonyl (C=O) groups is 2. The number of rotatable bonds is 4. The highest BCUT2D eigenvalue weighted by atomic mass is 16.2. The summed E-state index contributed by atoms with van der Waals surface area (Å²) in [5.74, 6) is -0.211. The Balaban J connectivity index is 1.82. The predicted molar refractivity (Wildman–Crippen MR) is 76.1 cm³/mol. The van der Waals surface area contributed by atoms with Crippen LogP contribution in [-0.2, 0) is 16.1 Å². The van der Waals surface area contributed by atoms with Crippen molar-refractivity contribution in [3.8, 4) is 0 Å². The molecule has 0 spiro atoms. The third-order valence-electron chi connectivity index (χ3n) is 3.54. The summed E-state index contributed by atoms with van der Waals surface area (Å²) in [6.45, 7) is 1.07. The number of nitrogens with one attached hydrogen (secondary N) is 1. The van der Waals surface area contributed by atoms with E-state index >= 15 is 0 Å². The third-order valence-corrected chi connectivity index (χ3v) is 3.54. The SMILES string of the molecule is O=C1NCC(=O)N(CCn2cccn2)C1c1ccccc1. The van der Waals surface area contributed by atoms with Gasteiger partial charge in [0.1, 0.15) is 6.04 Å². The summed E-state index contributed by atoms with van der Waals surface area (Å²) in [7, 11) is 0. The Morgan fingerprint density at radius 3 is 2.67 bits per heavy atom. The molecule has 0 saturated carbocycles. The molecule has 0 bridgehead atoms. The highest BCUT2D eigenvalue weighted by Gasteiger charge is 2.35. The minimum absolute atomic E-state index is 0.0568. The number of nitrogens with zero attached hydrogens (tertiary/aromatic N) is 3. The number of hydrogen-bond acceptors (Lipinski definition) is 3. The number of piperazine rings is 1. The predicted octanol–water partition coefficient (Wildman–Crippen LogP) is 0.583. The van der Waals surface area contributed by atoms with Gasteiger partial charge in [0.2, 0.25) is 11.8 Å². The highest BCUT2D eigenvalue weighted by molar-refractivity contribution is 5.95. The van der Waals surface area contributed by atoms with Gasteiger partial charge in [0.25, 0.3) is 0 Å². The lowest BCUT2D eigenvalue weighted by Crippen LogP contribution is -2.54. The summed E-state index contributed by atoms with van der Waals surface area (Å²) < 4.78 is 1.75. The van der Waals surface area contributed by atoms with Crippen molar-refractivity contribution >= 4 is 11.8 Å². The van der Waals surface area contributed by atoms with E-state index in [2.05, 4.69) is 10.4 Å². The van der Waals surface area contributed by atoms with Crippen molar-refractivity contribution in [1.82, 2.24) is 20.0 Å². The van der Waals surface area contributed by atoms with Gasteiger partial charge < -0.3 is 10.2 Å². The Kier molecular flexibility index (Phi) is 3.68. The zero-order valence-electron chi connectivity index (χ0n) is 11.5. The molecule has 2 amide bonds. The van der Waals surface area contributed by atoms with Crippen LogP contribution in [0.3, 0.4) is 0 Å². The maximum Gasteiger partial charge on any atom is 0.247 e. The first-order valence-electron chi connectivity index (χ1n) is 6.85. The summed E-state index contributed by atoms with van der Waals surface area (Å²) in [4.78, 5) is 26.0. The second-order valence-corrected chi connectivity index (χ2v) is 4.89. The molecule has 1 aromatic heterocycles. The van der Waals surface area contributed by atoms with E-state index in [9.17, 15) is 9.59 Å². The van der Waals surface area contributed by atoms with E-state index in [0.29, 0.717) is 13.1 Å². The van der Waals surface area contributed by atoms with Crippen molar-refractivity contribution in [2.45, 2.75) is 12.6 Å². The molecule has 21 heavy (non-hydrogen) atoms. The number of carbonyl (C=O) groups excluding carboxylic acids is 2. The fourth-order valence-corrected chi connectivity index (χ4v) is 2.51. The molecule has 0 radical (unpaired) electrons. The maximum atomic E-state index is 12.2. The lowest BCUT2D eigenvalue weighted by molar-refractivity contribution is -0.146. The van der Waals surface area contributed by atoms with Gasteiger partial charge in [0, 0.05) is 18.9 Å². The summed E-state index contributed by atoms with van der Waals surface area (Å²) in [5.41, 5.74) is 0.823. The number of aromatic nitrogens is 2. The molecule has 3 rings (SSSR count). The minimum Gasteiger partial charge on any atom is -0.345 e. The topological polar surface area (TPSA) is 67.2 Å². The molecule has 1 unspecified atom stereocenters. The van der Waals surface area contributed by atoms with Gasteiger partial charge in [-0.1, -0.05) is 30.3 Å². The van der Waals surface area contributed by atoms with Crippen molar-refractivity contribution in [2.75, 3.05) is 13.1 Å². The lowest BCUT2D eigenvalue weighted by Gasteiger charge is -2.35. The van der Waals surface area contributed by atoms with Crippen LogP contribution in [-0.4, -0.2) is 39.6 Å². The van der Waals surface area contributed by atoms with Crippen LogP contribution >= 0.6 is 0 Å². The van der Waals surface area contributed by atoms with Crippen molar-refractivity contribution < 1.29 is 9.59 Å². The van der Waals surface area contributed by atoms with Crippen LogP contribution < -0.4 is 5.32 Å². The summed E-state index contributed by atoms with van der Waals surface area (Å²) in [5, 5.41) is 6.77. The fourth-order valence-electron chi connectivity index (χ4n) is 2.51. The van der Waals surface area contributed by atoms with Gasteiger partial charge in [-0.05, 0) is 11.6 Å². The summed E-state index contributed by atoms with van der Waals surface area (Å²) in [6.07, 6.45) is 3.53. The van der Waals surface area contributed by atoms with Gasteiger partial charge in [-0.2, -0.15) is 5.10 Å². The lowest BCUT2D eigenvalue weighted by atomic mass is 10.0. The van der Waals surface area contributed by atoms with Crippen LogP contribution in [0.5, 0.6) is 0 Å². The molecule has 1 fully saturated rings. The van der Waals surface area contributed by atoms with E-state index in [1.54, 1.807) is 15.8 Å². The highest BCUT2D eigenvalue weighted by Crippen LogP contribution is 2.23. The van der Waals surface area contributed by atoms with Crippen molar-refractivity contribution in [3.63, 3.8) is 0 Å². The summed E-state index contributed by atoms with van der Waals surface area (Å²) in [6, 6.07) is 10.6. The zero-order chi connectivity index (χ0) is 14.7. The average Bonchev–Trinajstić information content (AvgIpc) is 3.02. The van der Waals surface area contributed by atoms with E-state index in [0.717, 1.165) is 5.56 Å². The Hall–Kier alpha value is -2.63. The van der Waals surface area contributed by atoms with Crippen LogP contribution in [0.15, 0.2) is 48.8 Å². The largest absolute Gasteiger partial charge is 0.345 e. The van der Waals surface area contributed by atoms with Gasteiger partial charge in [-0.25, -0.2) is 0 Å². The molecular weight excluding hydrogens is 268 g/mol. The molecule has 6 nitrogen and oxygen atoms in total. The van der Waals surface area contributed by atoms with Gasteiger partial charge in [-0.3, -0.25) is 14.3 Å². The Morgan fingerprint density at radius 1 is 1.14 bits per heavy atom. The quantitative estimate of drug-likeness (QED) is 0.893. The standard InChI is InChI=1S/C15H16N4O2/c20-13-11-16-15(21)14(12-5-2-1-3-6-12)19(13)10-9-18-8-4-7-17-18/h1-8,14H,9-11H2,(H,16,21). The van der Waals surface area contributed by atoms with Crippen LogP contribution in [0.4, 0.5) is 0 Å². The average molecular weight is 284 g/mol. The number of benzene rings is 1. The Morgan fingerprint density at radius 2 is 1.95 bits per heavy atom. The molecule has 1 aliphatic rings. The monoisotopic (exact) mass is 284 g/mol. The van der Waals surface area contributed by atoms with E-state index in [4.69, 9.17) is 0 Å². The van der Waals surface area contributed by atoms with E-state index < -0.39 is 6.04 Å². The Labute approximate surface area is 122 Å². The van der Waals surface area contributed by atoms with Crippen molar-refractivity contribution in [1.29, 1.82) is 0 Å². The molecule has 1 atom stereocenters. The second-order valence-electron chi connectivity index (χ2n) is 4.89. The minimum atomic E-state index is -0.567. The molecule has 0 aliphatic carbocycles. The van der Waals surface area contributed by atoms with E-state index in [1.165, 1.54) is 0 Å². The molecule has 108 valence electrons. The van der Waals surface area contributed by atoms with Crippen LogP contribution in [0, 0.1) is 0 Å². The first-order chi connectivity index (χ1) is 10.3. The summed E-state index contributed by atoms with van der Waals surface area (Å²) >= 11 is 0. The normalized spacial score (nSPS) is 18.7. The van der Waals surface area contributed by atoms with Crippen molar-refractivity contribution in [2.24, 2.45) is 0 Å². The first-order valence-corrected chi connectivity index (χ1v) is 6.85. The third kappa shape index (κ3) is 2.79. The van der Waals surface area contributed by atoms with Gasteiger partial charge in [0.05, 0.1) is 13.1 Å². The fraction of sp³-hybridized carbons (Fsp3) is 0.267. The second kappa shape index (κ2) is 5.78. The molecule has 1 saturated heterocycles. The maximum absolute atomic E-state index is 12.2. The van der Waals surface area contributed by atoms with Crippen LogP contribution in [0.1, 0.15) is 11.6 Å². The van der Waals surface area contributed by atoms with Crippen LogP contribution in [0.2, 0.25) is 0 Å². The smallest absolute Gasteiger partial charge is 0.247 e. The molecular formula is C15H16N4O2. The van der Waals surface area contributed by atoms with Gasteiger partial charge >= 0.3 is 0 Å². The molecule has 2 aromatic rings. The van der Waals surface area contributed by atoms with Gasteiger partial charge in [0.15, 0.2) is 0 Å². The number of hydrogen-bond donors (Lipinski definition) is 1. The number of amides is 2. The van der Waals surface area contributed by atoms with E-state index in [-0.39, 0.29) is 18.4 Å². The molecule has 1 aromatic carbocycles.